The van der Waals surface area contributed by atoms with E-state index in [1.165, 1.54) is 12.1 Å². The fraction of sp³-hybridized carbons (Fsp3) is 0.579. The van der Waals surface area contributed by atoms with Crippen molar-refractivity contribution < 1.29 is 22.7 Å². The molecule has 2 N–H and O–H groups in total. The number of amides is 3. The van der Waals surface area contributed by atoms with Gasteiger partial charge in [-0.25, -0.2) is 13.2 Å². The largest absolute Gasteiger partial charge is 0.494 e. The minimum Gasteiger partial charge on any atom is -0.494 e. The molecular formula is C19H31N3O5S. The molecule has 0 bridgehead atoms. The van der Waals surface area contributed by atoms with E-state index in [0.717, 1.165) is 6.26 Å². The van der Waals surface area contributed by atoms with Gasteiger partial charge in [-0.2, -0.15) is 0 Å². The van der Waals surface area contributed by atoms with E-state index in [0.29, 0.717) is 25.3 Å². The molecule has 28 heavy (non-hydrogen) atoms. The summed E-state index contributed by atoms with van der Waals surface area (Å²) in [6, 6.07) is 5.33. The number of hydrogen-bond donors (Lipinski definition) is 2. The summed E-state index contributed by atoms with van der Waals surface area (Å²) in [5, 5.41) is 5.01. The normalized spacial score (nSPS) is 13.1. The van der Waals surface area contributed by atoms with E-state index in [4.69, 9.17) is 4.74 Å². The number of hydrogen-bond acceptors (Lipinski definition) is 6. The van der Waals surface area contributed by atoms with E-state index >= 15 is 0 Å². The van der Waals surface area contributed by atoms with Crippen LogP contribution < -0.4 is 15.4 Å². The third-order valence-corrected chi connectivity index (χ3v) is 5.03. The second-order valence-corrected chi connectivity index (χ2v) is 9.81. The number of rotatable bonds is 8. The number of nitrogens with zero attached hydrogens (tertiary/aromatic N) is 1. The number of carbonyl (C=O) groups excluding carboxylic acids is 2. The van der Waals surface area contributed by atoms with Crippen LogP contribution >= 0.6 is 0 Å². The average Bonchev–Trinajstić information content (AvgIpc) is 2.55. The Morgan fingerprint density at radius 3 is 2.46 bits per heavy atom. The van der Waals surface area contributed by atoms with Gasteiger partial charge in [-0.3, -0.25) is 15.0 Å². The second kappa shape index (κ2) is 9.88. The second-order valence-electron chi connectivity index (χ2n) is 7.80. The van der Waals surface area contributed by atoms with Crippen molar-refractivity contribution >= 4 is 21.8 Å². The quantitative estimate of drug-likeness (QED) is 0.630. The Kier molecular flexibility index (Phi) is 8.44. The monoisotopic (exact) mass is 413 g/mol. The van der Waals surface area contributed by atoms with Gasteiger partial charge in [0, 0.05) is 18.3 Å². The fourth-order valence-electron chi connectivity index (χ4n) is 2.28. The predicted molar refractivity (Wildman–Crippen MR) is 108 cm³/mol. The Bertz CT molecular complexity index is 787. The molecule has 1 aromatic carbocycles. The minimum atomic E-state index is -3.28. The molecule has 1 aromatic rings. The molecule has 0 saturated heterocycles. The van der Waals surface area contributed by atoms with Gasteiger partial charge in [0.25, 0.3) is 0 Å². The van der Waals surface area contributed by atoms with Crippen molar-refractivity contribution in [3.63, 3.8) is 0 Å². The average molecular weight is 414 g/mol. The molecule has 0 radical (unpaired) electrons. The molecule has 0 heterocycles. The molecule has 8 nitrogen and oxygen atoms in total. The van der Waals surface area contributed by atoms with Crippen LogP contribution in [0.1, 0.15) is 34.1 Å². The van der Waals surface area contributed by atoms with Crippen molar-refractivity contribution in [2.45, 2.75) is 50.6 Å². The number of carbonyl (C=O) groups is 2. The molecule has 0 spiro atoms. The van der Waals surface area contributed by atoms with Gasteiger partial charge in [-0.15, -0.1) is 0 Å². The predicted octanol–water partition coefficient (Wildman–Crippen LogP) is 1.80. The lowest BCUT2D eigenvalue weighted by molar-refractivity contribution is -0.124. The summed E-state index contributed by atoms with van der Waals surface area (Å²) in [7, 11) is -1.49. The first-order valence-electron chi connectivity index (χ1n) is 9.06. The molecule has 0 aliphatic rings. The third kappa shape index (κ3) is 8.71. The lowest BCUT2D eigenvalue weighted by Crippen LogP contribution is -2.52. The van der Waals surface area contributed by atoms with Crippen molar-refractivity contribution in [3.8, 4) is 5.75 Å². The number of sulfone groups is 1. The Morgan fingerprint density at radius 2 is 1.89 bits per heavy atom. The zero-order valence-corrected chi connectivity index (χ0v) is 18.2. The molecule has 0 aliphatic heterocycles. The lowest BCUT2D eigenvalue weighted by Gasteiger charge is -2.25. The van der Waals surface area contributed by atoms with Gasteiger partial charge in [-0.1, -0.05) is 6.07 Å². The Morgan fingerprint density at radius 1 is 1.25 bits per heavy atom. The summed E-state index contributed by atoms with van der Waals surface area (Å²) in [4.78, 5) is 26.0. The van der Waals surface area contributed by atoms with Gasteiger partial charge in [-0.05, 0) is 59.4 Å². The maximum atomic E-state index is 12.2. The van der Waals surface area contributed by atoms with Gasteiger partial charge in [0.2, 0.25) is 5.91 Å². The first kappa shape index (κ1) is 23.9. The zero-order valence-electron chi connectivity index (χ0n) is 17.4. The lowest BCUT2D eigenvalue weighted by atomic mass is 10.1. The van der Waals surface area contributed by atoms with Gasteiger partial charge in [0.1, 0.15) is 5.75 Å². The summed E-state index contributed by atoms with van der Waals surface area (Å²) in [6.07, 6.45) is 1.78. The van der Waals surface area contributed by atoms with Crippen molar-refractivity contribution in [2.75, 3.05) is 26.5 Å². The summed E-state index contributed by atoms with van der Waals surface area (Å²) in [5.74, 6) is 0.0984. The fourth-order valence-corrected chi connectivity index (χ4v) is 2.94. The highest BCUT2D eigenvalue weighted by molar-refractivity contribution is 7.90. The van der Waals surface area contributed by atoms with Crippen LogP contribution in [0.4, 0.5) is 4.79 Å². The van der Waals surface area contributed by atoms with Gasteiger partial charge in [0.15, 0.2) is 9.84 Å². The maximum Gasteiger partial charge on any atom is 0.321 e. The van der Waals surface area contributed by atoms with Crippen molar-refractivity contribution in [1.82, 2.24) is 15.5 Å². The number of urea groups is 1. The topological polar surface area (TPSA) is 105 Å². The number of ether oxygens (including phenoxy) is 1. The molecule has 1 rings (SSSR count). The first-order valence-corrected chi connectivity index (χ1v) is 10.9. The number of likely N-dealkylation sites (N-methyl/N-ethyl adjacent to an activating group) is 1. The molecule has 0 unspecified atom stereocenters. The Hall–Kier alpha value is -2.13. The molecule has 158 valence electrons. The zero-order chi connectivity index (χ0) is 21.5. The number of imide groups is 1. The molecule has 0 aliphatic carbocycles. The van der Waals surface area contributed by atoms with Gasteiger partial charge in [0.05, 0.1) is 17.5 Å². The van der Waals surface area contributed by atoms with Crippen LogP contribution in [-0.4, -0.2) is 63.3 Å². The smallest absolute Gasteiger partial charge is 0.321 e. The van der Waals surface area contributed by atoms with Crippen LogP contribution in [-0.2, 0) is 14.6 Å². The number of nitrogens with one attached hydrogen (secondary N) is 2. The van der Waals surface area contributed by atoms with Crippen LogP contribution in [0.25, 0.3) is 0 Å². The summed E-state index contributed by atoms with van der Waals surface area (Å²) in [6.45, 7) is 8.16. The van der Waals surface area contributed by atoms with E-state index in [1.54, 1.807) is 26.1 Å². The summed E-state index contributed by atoms with van der Waals surface area (Å²) in [5.41, 5.74) is -0.425. The maximum absolute atomic E-state index is 12.2. The van der Waals surface area contributed by atoms with Crippen LogP contribution in [0.2, 0.25) is 0 Å². The highest BCUT2D eigenvalue weighted by Crippen LogP contribution is 2.17. The van der Waals surface area contributed by atoms with E-state index in [1.807, 2.05) is 25.7 Å². The van der Waals surface area contributed by atoms with Crippen molar-refractivity contribution in [3.05, 3.63) is 24.3 Å². The highest BCUT2D eigenvalue weighted by atomic mass is 32.2. The molecule has 0 fully saturated rings. The third-order valence-electron chi connectivity index (χ3n) is 3.92. The van der Waals surface area contributed by atoms with E-state index < -0.39 is 27.4 Å². The minimum absolute atomic E-state index is 0.209. The van der Waals surface area contributed by atoms with Gasteiger partial charge < -0.3 is 10.1 Å². The Balaban J connectivity index is 2.42. The van der Waals surface area contributed by atoms with E-state index in [-0.39, 0.29) is 10.8 Å². The molecule has 3 amide bonds. The molecule has 0 aromatic heterocycles. The van der Waals surface area contributed by atoms with Gasteiger partial charge >= 0.3 is 6.03 Å². The SMILES string of the molecule is C[C@H](C(=O)NC(=O)NC(C)(C)C)N(C)CCCOc1cccc(S(C)(=O)=O)c1. The first-order chi connectivity index (χ1) is 12.8. The van der Waals surface area contributed by atoms with Crippen molar-refractivity contribution in [1.29, 1.82) is 0 Å². The van der Waals surface area contributed by atoms with Crippen LogP contribution in [0, 0.1) is 0 Å². The molecule has 0 saturated carbocycles. The van der Waals surface area contributed by atoms with Crippen LogP contribution in [0.15, 0.2) is 29.2 Å². The van der Waals surface area contributed by atoms with Crippen LogP contribution in [0.3, 0.4) is 0 Å². The van der Waals surface area contributed by atoms with E-state index in [2.05, 4.69) is 10.6 Å². The van der Waals surface area contributed by atoms with Crippen molar-refractivity contribution in [2.24, 2.45) is 0 Å². The highest BCUT2D eigenvalue weighted by Gasteiger charge is 2.21. The summed E-state index contributed by atoms with van der Waals surface area (Å²) < 4.78 is 28.7. The molecular weight excluding hydrogens is 382 g/mol. The summed E-state index contributed by atoms with van der Waals surface area (Å²) >= 11 is 0. The van der Waals surface area contributed by atoms with E-state index in [9.17, 15) is 18.0 Å². The van der Waals surface area contributed by atoms with Crippen LogP contribution in [0.5, 0.6) is 5.75 Å². The molecule has 9 heteroatoms. The molecule has 1 atom stereocenters. The standard InChI is InChI=1S/C19H31N3O5S/c1-14(17(23)20-18(24)21-19(2,3)4)22(5)11-8-12-27-15-9-7-10-16(13-15)28(6,25)26/h7,9-10,13-14H,8,11-12H2,1-6H3,(H2,20,21,23,24)/t14-/m1/s1. The Labute approximate surface area is 167 Å². The number of benzene rings is 1.